The Morgan fingerprint density at radius 3 is 2.29 bits per heavy atom. The molecule has 0 radical (unpaired) electrons. The highest BCUT2D eigenvalue weighted by molar-refractivity contribution is 5.95. The van der Waals surface area contributed by atoms with Crippen LogP contribution >= 0.6 is 0 Å². The van der Waals surface area contributed by atoms with Gasteiger partial charge in [0.2, 0.25) is 0 Å². The van der Waals surface area contributed by atoms with Gasteiger partial charge in [0.25, 0.3) is 11.8 Å². The molecule has 0 saturated carbocycles. The van der Waals surface area contributed by atoms with Crippen LogP contribution in [0.15, 0.2) is 48.7 Å². The molecule has 0 unspecified atom stereocenters. The molecule has 0 aliphatic rings. The van der Waals surface area contributed by atoms with Crippen molar-refractivity contribution < 1.29 is 54.5 Å². The number of halogens is 7. The molecule has 0 saturated heterocycles. The molecule has 1 heterocycles. The van der Waals surface area contributed by atoms with Crippen LogP contribution in [-0.2, 0) is 11.3 Å². The number of carbonyl (C=O) groups excluding carboxylic acids is 2. The molecule has 0 atom stereocenters. The van der Waals surface area contributed by atoms with Gasteiger partial charge in [0.15, 0.2) is 5.69 Å². The Labute approximate surface area is 227 Å². The number of nitrogens with zero attached hydrogens (tertiary/aromatic N) is 3. The van der Waals surface area contributed by atoms with Gasteiger partial charge in [0, 0.05) is 12.1 Å². The van der Waals surface area contributed by atoms with Crippen molar-refractivity contribution in [2.75, 3.05) is 33.0 Å². The van der Waals surface area contributed by atoms with E-state index in [1.165, 1.54) is 30.5 Å². The lowest BCUT2D eigenvalue weighted by Crippen LogP contribution is -2.33. The smallest absolute Gasteiger partial charge is 0.489 e. The van der Waals surface area contributed by atoms with E-state index in [0.29, 0.717) is 5.56 Å². The third-order valence-corrected chi connectivity index (χ3v) is 4.96. The second-order valence-electron chi connectivity index (χ2n) is 8.05. The summed E-state index contributed by atoms with van der Waals surface area (Å²) in [5.74, 6) is -2.15. The minimum atomic E-state index is -4.84. The molecule has 17 heteroatoms. The highest BCUT2D eigenvalue weighted by atomic mass is 19.4. The third-order valence-electron chi connectivity index (χ3n) is 4.96. The van der Waals surface area contributed by atoms with Gasteiger partial charge in [-0.2, -0.15) is 13.2 Å². The molecular formula is C24H22F7N5O5. The van der Waals surface area contributed by atoms with Gasteiger partial charge in [-0.05, 0) is 35.9 Å². The van der Waals surface area contributed by atoms with Crippen LogP contribution in [0.2, 0.25) is 0 Å². The van der Waals surface area contributed by atoms with Gasteiger partial charge >= 0.3 is 12.5 Å². The first kappa shape index (κ1) is 31.1. The number of hydrogen-bond donors (Lipinski definition) is 2. The fraction of sp³-hybridized carbons (Fsp3) is 0.333. The molecule has 222 valence electrons. The lowest BCUT2D eigenvalue weighted by Gasteiger charge is -2.14. The van der Waals surface area contributed by atoms with E-state index in [4.69, 9.17) is 9.47 Å². The largest absolute Gasteiger partial charge is 0.573 e. The minimum absolute atomic E-state index is 0.0217. The van der Waals surface area contributed by atoms with Crippen molar-refractivity contribution in [3.05, 3.63) is 65.5 Å². The van der Waals surface area contributed by atoms with Crippen LogP contribution in [-0.4, -0.2) is 72.4 Å². The summed E-state index contributed by atoms with van der Waals surface area (Å²) in [6, 6.07) is 8.49. The standard InChI is InChI=1S/C24H22F7N5O5/c25-7-8-39-9-10-40-20-11-16(21(37)33-14-23(26,27)28)3-6-19(20)36-13-18(34-35-36)22(38)32-12-15-1-4-17(5-2-15)41-24(29,30)31/h1-6,11,13H,7-10,12,14H2,(H,32,38)(H,33,37). The summed E-state index contributed by atoms with van der Waals surface area (Å²) in [6.07, 6.45) is -8.25. The number of aromatic nitrogens is 3. The summed E-state index contributed by atoms with van der Waals surface area (Å²) < 4.78 is 102. The first-order chi connectivity index (χ1) is 19.3. The zero-order valence-electron chi connectivity index (χ0n) is 20.9. The van der Waals surface area contributed by atoms with Gasteiger partial charge in [0.1, 0.15) is 37.0 Å². The summed E-state index contributed by atoms with van der Waals surface area (Å²) in [4.78, 5) is 24.7. The molecule has 3 rings (SSSR count). The highest BCUT2D eigenvalue weighted by Gasteiger charge is 2.31. The van der Waals surface area contributed by atoms with E-state index in [2.05, 4.69) is 20.4 Å². The summed E-state index contributed by atoms with van der Waals surface area (Å²) in [5.41, 5.74) is 0.300. The average Bonchev–Trinajstić information content (AvgIpc) is 3.40. The quantitative estimate of drug-likeness (QED) is 0.229. The predicted molar refractivity (Wildman–Crippen MR) is 126 cm³/mol. The van der Waals surface area contributed by atoms with E-state index < -0.39 is 43.3 Å². The normalized spacial score (nSPS) is 11.7. The molecule has 3 aromatic rings. The number of ether oxygens (including phenoxy) is 3. The number of nitrogens with one attached hydrogen (secondary N) is 2. The Kier molecular flexibility index (Phi) is 10.5. The molecule has 10 nitrogen and oxygen atoms in total. The summed E-state index contributed by atoms with van der Waals surface area (Å²) in [6.45, 7) is -2.66. The molecule has 0 spiro atoms. The van der Waals surface area contributed by atoms with Crippen LogP contribution < -0.4 is 20.1 Å². The molecule has 0 aliphatic heterocycles. The van der Waals surface area contributed by atoms with Crippen LogP contribution in [0.25, 0.3) is 5.69 Å². The number of rotatable bonds is 13. The number of carbonyl (C=O) groups is 2. The van der Waals surface area contributed by atoms with E-state index in [1.807, 2.05) is 0 Å². The second-order valence-corrected chi connectivity index (χ2v) is 8.05. The fourth-order valence-electron chi connectivity index (χ4n) is 3.18. The second kappa shape index (κ2) is 13.8. The number of hydrogen-bond acceptors (Lipinski definition) is 7. The maximum atomic E-state index is 12.5. The van der Waals surface area contributed by atoms with Crippen molar-refractivity contribution in [2.45, 2.75) is 19.1 Å². The Hall–Kier alpha value is -4.41. The van der Waals surface area contributed by atoms with Crippen molar-refractivity contribution >= 4 is 11.8 Å². The zero-order valence-corrected chi connectivity index (χ0v) is 20.9. The molecule has 0 aliphatic carbocycles. The number of alkyl halides is 7. The molecule has 0 bridgehead atoms. The Morgan fingerprint density at radius 1 is 0.902 bits per heavy atom. The minimum Gasteiger partial charge on any atom is -0.489 e. The topological polar surface area (TPSA) is 117 Å². The van der Waals surface area contributed by atoms with Crippen molar-refractivity contribution in [3.8, 4) is 17.2 Å². The van der Waals surface area contributed by atoms with Crippen molar-refractivity contribution in [1.82, 2.24) is 25.6 Å². The summed E-state index contributed by atoms with van der Waals surface area (Å²) >= 11 is 0. The third kappa shape index (κ3) is 10.3. The lowest BCUT2D eigenvalue weighted by atomic mass is 10.1. The Morgan fingerprint density at radius 2 is 1.63 bits per heavy atom. The molecule has 2 aromatic carbocycles. The highest BCUT2D eigenvalue weighted by Crippen LogP contribution is 2.25. The molecular weight excluding hydrogens is 571 g/mol. The summed E-state index contributed by atoms with van der Waals surface area (Å²) in [7, 11) is 0. The molecule has 41 heavy (non-hydrogen) atoms. The van der Waals surface area contributed by atoms with E-state index in [-0.39, 0.29) is 49.1 Å². The molecule has 1 aromatic heterocycles. The Balaban J connectivity index is 1.71. The van der Waals surface area contributed by atoms with Gasteiger partial charge in [-0.25, -0.2) is 9.07 Å². The Bertz CT molecular complexity index is 1310. The molecule has 2 amide bonds. The van der Waals surface area contributed by atoms with E-state index in [0.717, 1.165) is 22.9 Å². The predicted octanol–water partition coefficient (Wildman–Crippen LogP) is 3.75. The van der Waals surface area contributed by atoms with E-state index in [1.54, 1.807) is 5.32 Å². The van der Waals surface area contributed by atoms with Crippen LogP contribution in [0.1, 0.15) is 26.4 Å². The van der Waals surface area contributed by atoms with E-state index in [9.17, 15) is 40.3 Å². The van der Waals surface area contributed by atoms with E-state index >= 15 is 0 Å². The first-order valence-electron chi connectivity index (χ1n) is 11.7. The maximum Gasteiger partial charge on any atom is 0.573 e. The van der Waals surface area contributed by atoms with Crippen LogP contribution in [0, 0.1) is 0 Å². The van der Waals surface area contributed by atoms with Gasteiger partial charge in [0.05, 0.1) is 19.4 Å². The number of benzene rings is 2. The van der Waals surface area contributed by atoms with Crippen LogP contribution in [0.5, 0.6) is 11.5 Å². The maximum absolute atomic E-state index is 12.5. The molecule has 0 fully saturated rings. The number of amides is 2. The average molecular weight is 593 g/mol. The molecule has 2 N–H and O–H groups in total. The SMILES string of the molecule is O=C(NCC(F)(F)F)c1ccc(-n2cc(C(=O)NCc3ccc(OC(F)(F)F)cc3)nn2)c(OCCOCCF)c1. The van der Waals surface area contributed by atoms with Crippen molar-refractivity contribution in [3.63, 3.8) is 0 Å². The van der Waals surface area contributed by atoms with Gasteiger partial charge < -0.3 is 24.8 Å². The lowest BCUT2D eigenvalue weighted by molar-refractivity contribution is -0.274. The van der Waals surface area contributed by atoms with Gasteiger partial charge in [-0.3, -0.25) is 9.59 Å². The van der Waals surface area contributed by atoms with Crippen molar-refractivity contribution in [1.29, 1.82) is 0 Å². The van der Waals surface area contributed by atoms with Crippen molar-refractivity contribution in [2.24, 2.45) is 0 Å². The van der Waals surface area contributed by atoms with Gasteiger partial charge in [-0.1, -0.05) is 17.3 Å². The monoisotopic (exact) mass is 593 g/mol. The summed E-state index contributed by atoms with van der Waals surface area (Å²) in [5, 5.41) is 11.9. The first-order valence-corrected chi connectivity index (χ1v) is 11.7. The fourth-order valence-corrected chi connectivity index (χ4v) is 3.18. The van der Waals surface area contributed by atoms with Crippen LogP contribution in [0.4, 0.5) is 30.7 Å². The van der Waals surface area contributed by atoms with Gasteiger partial charge in [-0.15, -0.1) is 18.3 Å². The van der Waals surface area contributed by atoms with Crippen LogP contribution in [0.3, 0.4) is 0 Å². The zero-order chi connectivity index (χ0) is 30.0.